The van der Waals surface area contributed by atoms with Gasteiger partial charge in [-0.05, 0) is 79.7 Å². The highest BCUT2D eigenvalue weighted by molar-refractivity contribution is 5.79. The number of rotatable bonds is 5. The van der Waals surface area contributed by atoms with Crippen molar-refractivity contribution in [3.8, 4) is 0 Å². The van der Waals surface area contributed by atoms with Crippen LogP contribution < -0.4 is 5.56 Å². The number of aromatic nitrogens is 5. The zero-order chi connectivity index (χ0) is 21.2. The lowest BCUT2D eigenvalue weighted by atomic mass is 10.0. The van der Waals surface area contributed by atoms with Crippen molar-refractivity contribution < 1.29 is 4.74 Å². The first-order valence-electron chi connectivity index (χ1n) is 11.4. The van der Waals surface area contributed by atoms with Crippen LogP contribution in [0.1, 0.15) is 61.5 Å². The molecule has 0 bridgehead atoms. The molecule has 2 aliphatic heterocycles. The van der Waals surface area contributed by atoms with Crippen molar-refractivity contribution in [2.45, 2.75) is 64.1 Å². The number of hydrogen-bond acceptors (Lipinski definition) is 6. The fourth-order valence-corrected chi connectivity index (χ4v) is 4.92. The molecule has 1 N–H and O–H groups in total. The second kappa shape index (κ2) is 8.88. The molecule has 0 unspecified atom stereocenters. The molecule has 2 fully saturated rings. The number of tetrazole rings is 1. The molecule has 0 saturated carbocycles. The Morgan fingerprint density at radius 3 is 2.77 bits per heavy atom. The Bertz CT molecular complexity index is 1090. The van der Waals surface area contributed by atoms with Crippen molar-refractivity contribution in [2.75, 3.05) is 19.7 Å². The maximum Gasteiger partial charge on any atom is 0.253 e. The minimum absolute atomic E-state index is 0.0720. The largest absolute Gasteiger partial charge is 0.376 e. The van der Waals surface area contributed by atoms with Crippen LogP contribution >= 0.6 is 0 Å². The molecule has 5 rings (SSSR count). The van der Waals surface area contributed by atoms with Crippen LogP contribution in [0, 0.1) is 6.92 Å². The van der Waals surface area contributed by atoms with Crippen LogP contribution in [-0.2, 0) is 11.3 Å². The molecule has 0 aliphatic carbocycles. The van der Waals surface area contributed by atoms with Crippen LogP contribution in [-0.4, -0.2) is 55.9 Å². The third kappa shape index (κ3) is 4.27. The average Bonchev–Trinajstić information content (AvgIpc) is 3.36. The molecular formula is C23H30N6O2. The van der Waals surface area contributed by atoms with Gasteiger partial charge in [0, 0.05) is 17.7 Å². The Balaban J connectivity index is 1.60. The number of aryl methyl sites for hydroxylation is 1. The van der Waals surface area contributed by atoms with E-state index in [0.29, 0.717) is 12.1 Å². The van der Waals surface area contributed by atoms with E-state index >= 15 is 0 Å². The van der Waals surface area contributed by atoms with Gasteiger partial charge in [0.15, 0.2) is 5.82 Å². The van der Waals surface area contributed by atoms with Crippen LogP contribution in [0.2, 0.25) is 0 Å². The summed E-state index contributed by atoms with van der Waals surface area (Å²) in [6, 6.07) is 7.86. The van der Waals surface area contributed by atoms with Gasteiger partial charge in [0.2, 0.25) is 0 Å². The summed E-state index contributed by atoms with van der Waals surface area (Å²) in [4.78, 5) is 18.7. The Kier molecular flexibility index (Phi) is 5.82. The highest BCUT2D eigenvalue weighted by Crippen LogP contribution is 2.29. The molecule has 8 heteroatoms. The van der Waals surface area contributed by atoms with Gasteiger partial charge in [0.25, 0.3) is 5.56 Å². The lowest BCUT2D eigenvalue weighted by Gasteiger charge is -2.30. The smallest absolute Gasteiger partial charge is 0.253 e. The van der Waals surface area contributed by atoms with Gasteiger partial charge in [-0.1, -0.05) is 24.5 Å². The van der Waals surface area contributed by atoms with Crippen molar-refractivity contribution in [3.63, 3.8) is 0 Å². The van der Waals surface area contributed by atoms with Crippen molar-refractivity contribution in [3.05, 3.63) is 51.6 Å². The SMILES string of the molecule is Cc1ccc2[nH]c(=O)c([C@@H](c3nnnn3C[C@H]3CCCO3)N3CCCCCC3)cc2c1. The first-order chi connectivity index (χ1) is 15.2. The second-order valence-corrected chi connectivity index (χ2v) is 8.85. The van der Waals surface area contributed by atoms with E-state index in [1.807, 2.05) is 22.9 Å². The number of nitrogens with one attached hydrogen (secondary N) is 1. The van der Waals surface area contributed by atoms with Gasteiger partial charge < -0.3 is 9.72 Å². The first kappa shape index (κ1) is 20.3. The zero-order valence-corrected chi connectivity index (χ0v) is 18.1. The third-order valence-electron chi connectivity index (χ3n) is 6.53. The number of nitrogens with zero attached hydrogens (tertiary/aromatic N) is 5. The molecule has 1 aromatic carbocycles. The molecular weight excluding hydrogens is 392 g/mol. The number of hydrogen-bond donors (Lipinski definition) is 1. The standard InChI is InChI=1S/C23H30N6O2/c1-16-8-9-20-17(13-16)14-19(23(30)24-20)21(28-10-4-2-3-5-11-28)22-25-26-27-29(22)15-18-7-6-12-31-18/h8-9,13-14,18,21H,2-7,10-12,15H2,1H3,(H,24,30)/t18-,21+/m1/s1. The number of benzene rings is 1. The normalized spacial score (nSPS) is 21.4. The summed E-state index contributed by atoms with van der Waals surface area (Å²) in [5.41, 5.74) is 2.66. The molecule has 31 heavy (non-hydrogen) atoms. The van der Waals surface area contributed by atoms with Crippen LogP contribution in [0.3, 0.4) is 0 Å². The fraction of sp³-hybridized carbons (Fsp3) is 0.565. The van der Waals surface area contributed by atoms with Crippen molar-refractivity contribution in [2.24, 2.45) is 0 Å². The summed E-state index contributed by atoms with van der Waals surface area (Å²) >= 11 is 0. The number of ether oxygens (including phenoxy) is 1. The highest BCUT2D eigenvalue weighted by Gasteiger charge is 2.31. The molecule has 2 aliphatic rings. The summed E-state index contributed by atoms with van der Waals surface area (Å²) in [5.74, 6) is 0.731. The van der Waals surface area contributed by atoms with E-state index in [-0.39, 0.29) is 17.7 Å². The lowest BCUT2D eigenvalue weighted by Crippen LogP contribution is -2.36. The molecule has 0 radical (unpaired) electrons. The number of aromatic amines is 1. The van der Waals surface area contributed by atoms with Crippen molar-refractivity contribution in [1.29, 1.82) is 0 Å². The highest BCUT2D eigenvalue weighted by atomic mass is 16.5. The number of H-pyrrole nitrogens is 1. The molecule has 164 valence electrons. The maximum atomic E-state index is 13.3. The quantitative estimate of drug-likeness (QED) is 0.680. The molecule has 3 aromatic rings. The van der Waals surface area contributed by atoms with Crippen molar-refractivity contribution in [1.82, 2.24) is 30.1 Å². The Morgan fingerprint density at radius 2 is 2.00 bits per heavy atom. The van der Waals surface area contributed by atoms with E-state index in [4.69, 9.17) is 4.74 Å². The van der Waals surface area contributed by atoms with E-state index < -0.39 is 0 Å². The van der Waals surface area contributed by atoms with E-state index in [1.165, 1.54) is 18.4 Å². The fourth-order valence-electron chi connectivity index (χ4n) is 4.92. The molecule has 0 spiro atoms. The second-order valence-electron chi connectivity index (χ2n) is 8.85. The van der Waals surface area contributed by atoms with Gasteiger partial charge in [-0.3, -0.25) is 9.69 Å². The summed E-state index contributed by atoms with van der Waals surface area (Å²) in [6.07, 6.45) is 6.90. The average molecular weight is 423 g/mol. The van der Waals surface area contributed by atoms with E-state index in [1.54, 1.807) is 0 Å². The van der Waals surface area contributed by atoms with Gasteiger partial charge in [-0.2, -0.15) is 0 Å². The Morgan fingerprint density at radius 1 is 1.16 bits per heavy atom. The first-order valence-corrected chi connectivity index (χ1v) is 11.4. The minimum atomic E-state index is -0.275. The summed E-state index contributed by atoms with van der Waals surface area (Å²) in [6.45, 7) is 5.35. The van der Waals surface area contributed by atoms with Gasteiger partial charge in [0.05, 0.1) is 12.6 Å². The van der Waals surface area contributed by atoms with E-state index in [9.17, 15) is 4.79 Å². The topological polar surface area (TPSA) is 88.9 Å². The van der Waals surface area contributed by atoms with Gasteiger partial charge in [0.1, 0.15) is 6.04 Å². The number of fused-ring (bicyclic) bond motifs is 1. The van der Waals surface area contributed by atoms with Crippen LogP contribution in [0.25, 0.3) is 10.9 Å². The summed E-state index contributed by atoms with van der Waals surface area (Å²) < 4.78 is 7.68. The monoisotopic (exact) mass is 422 g/mol. The third-order valence-corrected chi connectivity index (χ3v) is 6.53. The lowest BCUT2D eigenvalue weighted by molar-refractivity contribution is 0.0909. The van der Waals surface area contributed by atoms with Crippen LogP contribution in [0.4, 0.5) is 0 Å². The summed E-state index contributed by atoms with van der Waals surface area (Å²) in [5, 5.41) is 13.8. The zero-order valence-electron chi connectivity index (χ0n) is 18.1. The summed E-state index contributed by atoms with van der Waals surface area (Å²) in [7, 11) is 0. The molecule has 0 amide bonds. The number of pyridine rings is 1. The Hall–Kier alpha value is -2.58. The predicted molar refractivity (Wildman–Crippen MR) is 118 cm³/mol. The van der Waals surface area contributed by atoms with Crippen LogP contribution in [0.5, 0.6) is 0 Å². The molecule has 2 atom stereocenters. The van der Waals surface area contributed by atoms with Gasteiger partial charge >= 0.3 is 0 Å². The van der Waals surface area contributed by atoms with E-state index in [0.717, 1.165) is 62.1 Å². The molecule has 8 nitrogen and oxygen atoms in total. The maximum absolute atomic E-state index is 13.3. The van der Waals surface area contributed by atoms with Crippen LogP contribution in [0.15, 0.2) is 29.1 Å². The molecule has 4 heterocycles. The van der Waals surface area contributed by atoms with Gasteiger partial charge in [-0.25, -0.2) is 4.68 Å². The number of likely N-dealkylation sites (tertiary alicyclic amines) is 1. The van der Waals surface area contributed by atoms with Crippen molar-refractivity contribution >= 4 is 10.9 Å². The predicted octanol–water partition coefficient (Wildman–Crippen LogP) is 2.97. The van der Waals surface area contributed by atoms with E-state index in [2.05, 4.69) is 38.4 Å². The minimum Gasteiger partial charge on any atom is -0.376 e. The molecule has 2 saturated heterocycles. The molecule has 2 aromatic heterocycles. The Labute approximate surface area is 181 Å². The van der Waals surface area contributed by atoms with Gasteiger partial charge in [-0.15, -0.1) is 5.10 Å².